The summed E-state index contributed by atoms with van der Waals surface area (Å²) in [5, 5.41) is 2.28. The molecule has 1 heterocycles. The van der Waals surface area contributed by atoms with Gasteiger partial charge in [0.15, 0.2) is 10.7 Å². The number of carbonyl (C=O) groups excluding carboxylic acids is 1. The number of hydrogen-bond acceptors (Lipinski definition) is 5. The fraction of sp³-hybridized carbons (Fsp3) is 0.143. The lowest BCUT2D eigenvalue weighted by atomic mass is 10.1. The lowest BCUT2D eigenvalue weighted by Gasteiger charge is -2.17. The molecule has 0 unspecified atom stereocenters. The SMILES string of the molecule is CN[S@+]([O-])c1cccc(NC(=O)c2c(Oc3ccc(F)nc3C)ccc(C(F)(F)F)c2F)c1. The fourth-order valence-corrected chi connectivity index (χ4v) is 3.49. The number of amides is 1. The average molecular weight is 485 g/mol. The van der Waals surface area contributed by atoms with Gasteiger partial charge in [-0.2, -0.15) is 17.6 Å². The molecule has 0 saturated heterocycles. The minimum Gasteiger partial charge on any atom is -0.593 e. The van der Waals surface area contributed by atoms with Gasteiger partial charge in [0.05, 0.1) is 22.6 Å². The van der Waals surface area contributed by atoms with E-state index in [1.165, 1.54) is 38.2 Å². The molecule has 33 heavy (non-hydrogen) atoms. The Morgan fingerprint density at radius 3 is 2.42 bits per heavy atom. The van der Waals surface area contributed by atoms with Gasteiger partial charge in [-0.05, 0) is 43.3 Å². The number of anilines is 1. The van der Waals surface area contributed by atoms with Gasteiger partial charge in [-0.3, -0.25) is 4.79 Å². The number of rotatable bonds is 6. The summed E-state index contributed by atoms with van der Waals surface area (Å²) in [5.41, 5.74) is -2.60. The van der Waals surface area contributed by atoms with Gasteiger partial charge in [-0.15, -0.1) is 4.72 Å². The van der Waals surface area contributed by atoms with E-state index < -0.39 is 52.1 Å². The standard InChI is InChI=1S/C21H16F5N3O3S/c1-11-15(8-9-17(22)28-11)32-16-7-6-14(21(24,25)26)19(23)18(16)20(30)29-12-4-3-5-13(10-12)33(31)27-2/h3-10,27H,1-2H3,(H,29,30)/t33-/m1/s1. The van der Waals surface area contributed by atoms with Crippen LogP contribution >= 0.6 is 0 Å². The number of ether oxygens (including phenoxy) is 1. The van der Waals surface area contributed by atoms with Crippen LogP contribution in [0, 0.1) is 18.7 Å². The number of aromatic nitrogens is 1. The minimum absolute atomic E-state index is 0.0314. The molecular weight excluding hydrogens is 469 g/mol. The largest absolute Gasteiger partial charge is 0.593 e. The Morgan fingerprint density at radius 2 is 1.79 bits per heavy atom. The van der Waals surface area contributed by atoms with Crippen molar-refractivity contribution in [2.24, 2.45) is 0 Å². The Morgan fingerprint density at radius 1 is 1.09 bits per heavy atom. The van der Waals surface area contributed by atoms with Crippen molar-refractivity contribution >= 4 is 23.0 Å². The Balaban J connectivity index is 2.04. The maximum absolute atomic E-state index is 14.9. The van der Waals surface area contributed by atoms with Crippen molar-refractivity contribution in [3.05, 3.63) is 77.1 Å². The van der Waals surface area contributed by atoms with Gasteiger partial charge in [0, 0.05) is 18.8 Å². The zero-order chi connectivity index (χ0) is 24.3. The summed E-state index contributed by atoms with van der Waals surface area (Å²) in [4.78, 5) is 16.6. The minimum atomic E-state index is -5.07. The monoisotopic (exact) mass is 485 g/mol. The third kappa shape index (κ3) is 5.59. The van der Waals surface area contributed by atoms with E-state index in [4.69, 9.17) is 4.74 Å². The number of aryl methyl sites for hydroxylation is 1. The van der Waals surface area contributed by atoms with Crippen LogP contribution in [0.4, 0.5) is 27.6 Å². The van der Waals surface area contributed by atoms with Crippen molar-refractivity contribution in [2.75, 3.05) is 12.4 Å². The number of hydrogen-bond donors (Lipinski definition) is 2. The predicted octanol–water partition coefficient (Wildman–Crippen LogP) is 4.97. The van der Waals surface area contributed by atoms with Gasteiger partial charge in [-0.1, -0.05) is 6.07 Å². The Bertz CT molecular complexity index is 1190. The van der Waals surface area contributed by atoms with Crippen LogP contribution in [0.25, 0.3) is 0 Å². The predicted molar refractivity (Wildman–Crippen MR) is 110 cm³/mol. The molecule has 12 heteroatoms. The van der Waals surface area contributed by atoms with E-state index in [9.17, 15) is 31.3 Å². The summed E-state index contributed by atoms with van der Waals surface area (Å²) >= 11 is -1.60. The van der Waals surface area contributed by atoms with Crippen molar-refractivity contribution in [3.63, 3.8) is 0 Å². The van der Waals surface area contributed by atoms with Crippen molar-refractivity contribution in [2.45, 2.75) is 18.0 Å². The first-order valence-electron chi connectivity index (χ1n) is 9.22. The van der Waals surface area contributed by atoms with Gasteiger partial charge in [0.1, 0.15) is 17.1 Å². The lowest BCUT2D eigenvalue weighted by Crippen LogP contribution is -2.20. The lowest BCUT2D eigenvalue weighted by molar-refractivity contribution is -0.140. The van der Waals surface area contributed by atoms with Crippen LogP contribution in [0.5, 0.6) is 11.5 Å². The van der Waals surface area contributed by atoms with E-state index in [0.717, 1.165) is 18.2 Å². The highest BCUT2D eigenvalue weighted by atomic mass is 32.2. The molecule has 0 aliphatic rings. The average Bonchev–Trinajstić information content (AvgIpc) is 2.74. The first kappa shape index (κ1) is 24.4. The molecule has 0 saturated carbocycles. The first-order chi connectivity index (χ1) is 15.5. The smallest absolute Gasteiger partial charge is 0.419 e. The molecule has 1 amide bonds. The van der Waals surface area contributed by atoms with E-state index in [1.807, 2.05) is 0 Å². The number of benzene rings is 2. The van der Waals surface area contributed by atoms with E-state index in [-0.39, 0.29) is 22.0 Å². The molecule has 0 radical (unpaired) electrons. The second kappa shape index (κ2) is 9.73. The highest BCUT2D eigenvalue weighted by molar-refractivity contribution is 7.89. The fourth-order valence-electron chi connectivity index (χ4n) is 2.82. The number of pyridine rings is 1. The molecule has 1 aromatic heterocycles. The molecule has 3 rings (SSSR count). The van der Waals surface area contributed by atoms with E-state index in [1.54, 1.807) is 0 Å². The first-order valence-corrected chi connectivity index (χ1v) is 10.4. The molecule has 0 bridgehead atoms. The van der Waals surface area contributed by atoms with E-state index in [2.05, 4.69) is 15.0 Å². The highest BCUT2D eigenvalue weighted by Gasteiger charge is 2.37. The molecule has 0 aliphatic heterocycles. The van der Waals surface area contributed by atoms with Gasteiger partial charge in [0.2, 0.25) is 5.95 Å². The Hall–Kier alpha value is -3.22. The third-order valence-electron chi connectivity index (χ3n) is 4.35. The molecular formula is C21H16F5N3O3S. The zero-order valence-corrected chi connectivity index (χ0v) is 17.9. The summed E-state index contributed by atoms with van der Waals surface area (Å²) in [5.74, 6) is -4.54. The molecule has 3 aromatic rings. The number of alkyl halides is 3. The number of halogens is 5. The van der Waals surface area contributed by atoms with E-state index in [0.29, 0.717) is 6.07 Å². The molecule has 2 aromatic carbocycles. The molecule has 0 fully saturated rings. The molecule has 174 valence electrons. The topological polar surface area (TPSA) is 86.3 Å². The second-order valence-electron chi connectivity index (χ2n) is 6.57. The van der Waals surface area contributed by atoms with Gasteiger partial charge >= 0.3 is 6.18 Å². The second-order valence-corrected chi connectivity index (χ2v) is 7.99. The van der Waals surface area contributed by atoms with Crippen molar-refractivity contribution in [1.82, 2.24) is 9.71 Å². The quantitative estimate of drug-likeness (QED) is 0.292. The van der Waals surface area contributed by atoms with Crippen molar-refractivity contribution in [3.8, 4) is 11.5 Å². The molecule has 2 N–H and O–H groups in total. The number of carbonyl (C=O) groups is 1. The van der Waals surface area contributed by atoms with Crippen LogP contribution in [-0.4, -0.2) is 22.5 Å². The summed E-state index contributed by atoms with van der Waals surface area (Å²) in [7, 11) is 1.44. The van der Waals surface area contributed by atoms with Gasteiger partial charge < -0.3 is 14.6 Å². The molecule has 0 spiro atoms. The van der Waals surface area contributed by atoms with Crippen LogP contribution in [0.3, 0.4) is 0 Å². The van der Waals surface area contributed by atoms with Crippen LogP contribution in [0.1, 0.15) is 21.6 Å². The summed E-state index contributed by atoms with van der Waals surface area (Å²) in [6.45, 7) is 1.37. The normalized spacial score (nSPS) is 12.4. The Labute approximate surface area is 188 Å². The van der Waals surface area contributed by atoms with E-state index >= 15 is 0 Å². The van der Waals surface area contributed by atoms with Crippen molar-refractivity contribution in [1.29, 1.82) is 0 Å². The van der Waals surface area contributed by atoms with Gasteiger partial charge in [-0.25, -0.2) is 9.37 Å². The highest BCUT2D eigenvalue weighted by Crippen LogP contribution is 2.38. The summed E-state index contributed by atoms with van der Waals surface area (Å²) in [6.07, 6.45) is -5.07. The van der Waals surface area contributed by atoms with Crippen LogP contribution in [0.15, 0.2) is 53.4 Å². The van der Waals surface area contributed by atoms with Crippen LogP contribution in [0.2, 0.25) is 0 Å². The van der Waals surface area contributed by atoms with Gasteiger partial charge in [0.25, 0.3) is 5.91 Å². The number of nitrogens with zero attached hydrogens (tertiary/aromatic N) is 1. The molecule has 0 aliphatic carbocycles. The van der Waals surface area contributed by atoms with Crippen LogP contribution in [-0.2, 0) is 17.5 Å². The number of nitrogens with one attached hydrogen (secondary N) is 2. The third-order valence-corrected chi connectivity index (χ3v) is 5.40. The summed E-state index contributed by atoms with van der Waals surface area (Å²) in [6, 6.07) is 8.94. The maximum atomic E-state index is 14.9. The molecule has 6 nitrogen and oxygen atoms in total. The zero-order valence-electron chi connectivity index (χ0n) is 17.1. The Kier molecular flexibility index (Phi) is 7.20. The van der Waals surface area contributed by atoms with Crippen LogP contribution < -0.4 is 14.8 Å². The van der Waals surface area contributed by atoms with Crippen molar-refractivity contribution < 1.29 is 36.0 Å². The molecule has 1 atom stereocenters. The summed E-state index contributed by atoms with van der Waals surface area (Å²) < 4.78 is 87.8. The maximum Gasteiger partial charge on any atom is 0.419 e.